The Balaban J connectivity index is 1.55. The predicted molar refractivity (Wildman–Crippen MR) is 213 cm³/mol. The van der Waals surface area contributed by atoms with Gasteiger partial charge in [-0.1, -0.05) is 124 Å². The molecule has 1 aliphatic heterocycles. The minimum Gasteiger partial charge on any atom is -0.378 e. The number of carbonyl (C=O) groups is 1. The van der Waals surface area contributed by atoms with Crippen molar-refractivity contribution >= 4 is 45.6 Å². The molecule has 256 valence electrons. The van der Waals surface area contributed by atoms with Gasteiger partial charge in [0.05, 0.1) is 5.69 Å². The fourth-order valence-electron chi connectivity index (χ4n) is 6.21. The van der Waals surface area contributed by atoms with E-state index in [-0.39, 0.29) is 5.91 Å². The predicted octanol–water partition coefficient (Wildman–Crippen LogP) is 9.21. The van der Waals surface area contributed by atoms with Crippen molar-refractivity contribution in [2.24, 2.45) is 10.4 Å². The van der Waals surface area contributed by atoms with Crippen LogP contribution in [0.25, 0.3) is 0 Å². The summed E-state index contributed by atoms with van der Waals surface area (Å²) >= 11 is 1.60. The number of fused-ring (bicyclic) bond motifs is 1. The zero-order valence-corrected chi connectivity index (χ0v) is 31.0. The number of benzene rings is 5. The third-order valence-corrected chi connectivity index (χ3v) is 10.5. The summed E-state index contributed by atoms with van der Waals surface area (Å²) in [6.45, 7) is 7.27. The van der Waals surface area contributed by atoms with Crippen molar-refractivity contribution in [3.63, 3.8) is 0 Å². The van der Waals surface area contributed by atoms with Gasteiger partial charge in [-0.2, -0.15) is 0 Å². The molecule has 0 fully saturated rings. The number of nitrogens with one attached hydrogen (secondary N) is 1. The summed E-state index contributed by atoms with van der Waals surface area (Å²) in [7, 11) is 8.22. The third kappa shape index (κ3) is 7.43. The highest BCUT2D eigenvalue weighted by Gasteiger charge is 2.44. The van der Waals surface area contributed by atoms with Gasteiger partial charge in [-0.15, -0.1) is 0 Å². The fraction of sp³-hybridized carbons (Fsp3) is 0.256. The van der Waals surface area contributed by atoms with E-state index in [2.05, 4.69) is 176 Å². The van der Waals surface area contributed by atoms with Gasteiger partial charge >= 0.3 is 0 Å². The summed E-state index contributed by atoms with van der Waals surface area (Å²) in [6, 6.07) is 45.3. The number of hydrogen-bond acceptors (Lipinski definition) is 6. The zero-order chi connectivity index (χ0) is 35.5. The van der Waals surface area contributed by atoms with Gasteiger partial charge in [0.15, 0.2) is 5.17 Å². The van der Waals surface area contributed by atoms with Gasteiger partial charge in [0.1, 0.15) is 4.75 Å². The molecule has 5 aromatic carbocycles. The lowest BCUT2D eigenvalue weighted by Gasteiger charge is -2.40. The average Bonchev–Trinajstić information content (AvgIpc) is 3.11. The number of amidine groups is 1. The summed E-state index contributed by atoms with van der Waals surface area (Å²) in [5.74, 6) is -0.0713. The van der Waals surface area contributed by atoms with Crippen molar-refractivity contribution < 1.29 is 4.79 Å². The first kappa shape index (κ1) is 34.8. The molecule has 5 aromatic rings. The fourth-order valence-corrected chi connectivity index (χ4v) is 7.58. The van der Waals surface area contributed by atoms with Crippen molar-refractivity contribution in [3.05, 3.63) is 155 Å². The monoisotopic (exact) mass is 681 g/mol. The van der Waals surface area contributed by atoms with Crippen molar-refractivity contribution in [2.75, 3.05) is 42.9 Å². The first-order valence-electron chi connectivity index (χ1n) is 17.1. The second-order valence-corrected chi connectivity index (χ2v) is 15.5. The molecule has 50 heavy (non-hydrogen) atoms. The van der Waals surface area contributed by atoms with Crippen LogP contribution >= 0.6 is 11.8 Å². The van der Waals surface area contributed by atoms with Crippen LogP contribution in [0.4, 0.5) is 22.7 Å². The van der Waals surface area contributed by atoms with Gasteiger partial charge in [0.2, 0.25) is 5.91 Å². The second-order valence-electron chi connectivity index (χ2n) is 14.3. The summed E-state index contributed by atoms with van der Waals surface area (Å²) < 4.78 is -0.685. The van der Waals surface area contributed by atoms with Crippen LogP contribution in [0.5, 0.6) is 0 Å². The van der Waals surface area contributed by atoms with Gasteiger partial charge in [-0.05, 0) is 58.7 Å². The number of carbonyl (C=O) groups excluding carboxylic acids is 1. The quantitative estimate of drug-likeness (QED) is 0.168. The minimum atomic E-state index is -0.685. The molecule has 7 heteroatoms. The lowest BCUT2D eigenvalue weighted by Crippen LogP contribution is -2.41. The van der Waals surface area contributed by atoms with Crippen molar-refractivity contribution in [2.45, 2.75) is 38.6 Å². The van der Waals surface area contributed by atoms with Crippen LogP contribution in [0.1, 0.15) is 48.6 Å². The largest absolute Gasteiger partial charge is 0.378 e. The maximum atomic E-state index is 13.5. The number of anilines is 3. The maximum Gasteiger partial charge on any atom is 0.231 e. The number of nitrogens with zero attached hydrogens (tertiary/aromatic N) is 4. The molecule has 0 saturated carbocycles. The highest BCUT2D eigenvalue weighted by molar-refractivity contribution is 8.15. The minimum absolute atomic E-state index is 0.0713. The van der Waals surface area contributed by atoms with Crippen LogP contribution in [-0.2, 0) is 22.6 Å². The molecule has 0 unspecified atom stereocenters. The van der Waals surface area contributed by atoms with Crippen molar-refractivity contribution in [1.82, 2.24) is 5.32 Å². The number of rotatable bonds is 9. The lowest BCUT2D eigenvalue weighted by molar-refractivity contribution is -0.126. The van der Waals surface area contributed by atoms with E-state index in [4.69, 9.17) is 4.99 Å². The van der Waals surface area contributed by atoms with Gasteiger partial charge < -0.3 is 20.0 Å². The Morgan fingerprint density at radius 2 is 1.12 bits per heavy atom. The molecule has 0 bridgehead atoms. The Kier molecular flexibility index (Phi) is 10.1. The summed E-state index contributed by atoms with van der Waals surface area (Å²) in [4.78, 5) is 25.3. The van der Waals surface area contributed by atoms with Gasteiger partial charge in [0, 0.05) is 69.3 Å². The number of aliphatic imine (C=N–C) groups is 1. The van der Waals surface area contributed by atoms with Crippen LogP contribution in [-0.4, -0.2) is 39.3 Å². The zero-order valence-electron chi connectivity index (χ0n) is 30.1. The molecule has 1 N–H and O–H groups in total. The number of thioether (sulfide) groups is 1. The van der Waals surface area contributed by atoms with E-state index >= 15 is 0 Å². The first-order valence-corrected chi connectivity index (χ1v) is 17.9. The molecule has 6 rings (SSSR count). The van der Waals surface area contributed by atoms with E-state index in [0.29, 0.717) is 5.17 Å². The van der Waals surface area contributed by atoms with Crippen LogP contribution in [0.2, 0.25) is 0 Å². The first-order chi connectivity index (χ1) is 23.9. The van der Waals surface area contributed by atoms with E-state index in [1.165, 1.54) is 11.1 Å². The maximum absolute atomic E-state index is 13.5. The van der Waals surface area contributed by atoms with E-state index in [0.717, 1.165) is 52.5 Å². The third-order valence-electron chi connectivity index (χ3n) is 9.11. The van der Waals surface area contributed by atoms with Gasteiger partial charge in [-0.25, -0.2) is 4.99 Å². The lowest BCUT2D eigenvalue weighted by atomic mass is 9.82. The Labute approximate surface area is 301 Å². The molecule has 0 aromatic heterocycles. The van der Waals surface area contributed by atoms with Crippen LogP contribution < -0.4 is 20.0 Å². The Bertz CT molecular complexity index is 1850. The average molecular weight is 682 g/mol. The summed E-state index contributed by atoms with van der Waals surface area (Å²) in [5.41, 5.74) is 9.32. The standard InChI is InChI=1S/C43H47N5OS/c1-42(2,3)40(49)45-41-44-39-28-37(48(29-31-14-10-8-11-15-31)30-32-16-12-9-13-17-32)26-27-38(39)43(50-41,33-18-22-35(23-19-33)46(4)5)34-20-24-36(25-21-34)47(6)7/h8-28H,29-30H2,1-7H3,(H,44,45,49). The Morgan fingerprint density at radius 1 is 0.660 bits per heavy atom. The molecule has 1 amide bonds. The normalized spacial score (nSPS) is 13.5. The van der Waals surface area contributed by atoms with E-state index in [1.807, 2.05) is 20.8 Å². The topological polar surface area (TPSA) is 51.2 Å². The van der Waals surface area contributed by atoms with Crippen LogP contribution in [0.3, 0.4) is 0 Å². The van der Waals surface area contributed by atoms with Crippen molar-refractivity contribution in [1.29, 1.82) is 0 Å². The van der Waals surface area contributed by atoms with Crippen molar-refractivity contribution in [3.8, 4) is 0 Å². The molecule has 0 spiro atoms. The Morgan fingerprint density at radius 3 is 1.56 bits per heavy atom. The van der Waals surface area contributed by atoms with E-state index in [9.17, 15) is 4.79 Å². The number of hydrogen-bond donors (Lipinski definition) is 1. The van der Waals surface area contributed by atoms with E-state index < -0.39 is 10.2 Å². The molecular weight excluding hydrogens is 635 g/mol. The van der Waals surface area contributed by atoms with Crippen LogP contribution in [0, 0.1) is 5.41 Å². The second kappa shape index (κ2) is 14.5. The molecule has 1 aliphatic rings. The molecular formula is C43H47N5OS. The van der Waals surface area contributed by atoms with Crippen LogP contribution in [0.15, 0.2) is 132 Å². The molecule has 6 nitrogen and oxygen atoms in total. The summed E-state index contributed by atoms with van der Waals surface area (Å²) in [6.07, 6.45) is 0. The highest BCUT2D eigenvalue weighted by Crippen LogP contribution is 2.55. The molecule has 0 atom stereocenters. The molecule has 0 saturated heterocycles. The molecule has 0 aliphatic carbocycles. The van der Waals surface area contributed by atoms with Gasteiger partial charge in [0.25, 0.3) is 0 Å². The SMILES string of the molecule is CN(C)c1ccc(C2(c3ccc(N(C)C)cc3)SC(NC(=O)C(C)(C)C)=Nc3cc(N(Cc4ccccc4)Cc4ccccc4)ccc32)cc1. The smallest absolute Gasteiger partial charge is 0.231 e. The van der Waals surface area contributed by atoms with E-state index in [1.54, 1.807) is 11.8 Å². The van der Waals surface area contributed by atoms with Gasteiger partial charge in [-0.3, -0.25) is 4.79 Å². The highest BCUT2D eigenvalue weighted by atomic mass is 32.2. The molecule has 0 radical (unpaired) electrons. The summed E-state index contributed by atoms with van der Waals surface area (Å²) in [5, 5.41) is 3.81. The number of amides is 1. The molecule has 1 heterocycles. The Hall–Kier alpha value is -5.01.